The lowest BCUT2D eigenvalue weighted by molar-refractivity contribution is -0.140. The van der Waals surface area contributed by atoms with Crippen LogP contribution >= 0.6 is 0 Å². The summed E-state index contributed by atoms with van der Waals surface area (Å²) < 4.78 is 5.58. The number of Topliss-reactive ketones (excluding diaryl/α,β-unsaturated/α-hetero) is 1. The van der Waals surface area contributed by atoms with Gasteiger partial charge in [-0.2, -0.15) is 0 Å². The zero-order chi connectivity index (χ0) is 24.2. The summed E-state index contributed by atoms with van der Waals surface area (Å²) in [6, 6.07) is 15.7. The number of rotatable bonds is 7. The molecule has 6 heteroatoms. The number of amides is 1. The Morgan fingerprint density at radius 1 is 1.09 bits per heavy atom. The van der Waals surface area contributed by atoms with Crippen molar-refractivity contribution < 1.29 is 19.4 Å². The number of nitrogens with zero attached hydrogens (tertiary/aromatic N) is 2. The fourth-order valence-corrected chi connectivity index (χ4v) is 4.11. The number of ketones is 1. The molecule has 2 aromatic carbocycles. The van der Waals surface area contributed by atoms with Crippen LogP contribution in [-0.2, 0) is 16.1 Å². The Morgan fingerprint density at radius 3 is 2.47 bits per heavy atom. The lowest BCUT2D eigenvalue weighted by atomic mass is 9.93. The fourth-order valence-electron chi connectivity index (χ4n) is 4.11. The molecule has 1 aromatic heterocycles. The van der Waals surface area contributed by atoms with Gasteiger partial charge < -0.3 is 14.7 Å². The molecule has 2 heterocycles. The van der Waals surface area contributed by atoms with Gasteiger partial charge in [-0.25, -0.2) is 0 Å². The molecule has 1 N–H and O–H groups in total. The largest absolute Gasteiger partial charge is 0.507 e. The normalized spacial score (nSPS) is 17.1. The van der Waals surface area contributed by atoms with Crippen molar-refractivity contribution in [3.05, 3.63) is 113 Å². The van der Waals surface area contributed by atoms with E-state index in [0.29, 0.717) is 23.5 Å². The molecule has 0 saturated carbocycles. The number of pyridine rings is 1. The van der Waals surface area contributed by atoms with Crippen molar-refractivity contribution in [1.29, 1.82) is 0 Å². The van der Waals surface area contributed by atoms with E-state index in [9.17, 15) is 14.7 Å². The third kappa shape index (κ3) is 4.48. The molecule has 1 atom stereocenters. The molecular weight excluding hydrogens is 428 g/mol. The second-order valence-electron chi connectivity index (χ2n) is 8.27. The van der Waals surface area contributed by atoms with Crippen molar-refractivity contribution >= 4 is 17.4 Å². The molecule has 1 aliphatic heterocycles. The van der Waals surface area contributed by atoms with E-state index >= 15 is 0 Å². The molecule has 1 fully saturated rings. The maximum absolute atomic E-state index is 13.3. The summed E-state index contributed by atoms with van der Waals surface area (Å²) in [7, 11) is 0. The first-order valence-corrected chi connectivity index (χ1v) is 11.0. The zero-order valence-electron chi connectivity index (χ0n) is 19.2. The van der Waals surface area contributed by atoms with Crippen LogP contribution in [0.15, 0.2) is 85.2 Å². The van der Waals surface area contributed by atoms with Crippen LogP contribution in [0.3, 0.4) is 0 Å². The van der Waals surface area contributed by atoms with Gasteiger partial charge in [0.05, 0.1) is 11.6 Å². The Hall–Kier alpha value is -4.19. The Kier molecular flexibility index (Phi) is 6.59. The van der Waals surface area contributed by atoms with E-state index in [1.165, 1.54) is 4.90 Å². The van der Waals surface area contributed by atoms with E-state index < -0.39 is 17.7 Å². The number of likely N-dealkylation sites (tertiary alicyclic amines) is 1. The molecule has 1 aliphatic rings. The van der Waals surface area contributed by atoms with Crippen LogP contribution in [0.4, 0.5) is 0 Å². The summed E-state index contributed by atoms with van der Waals surface area (Å²) in [4.78, 5) is 32.0. The Labute approximate surface area is 198 Å². The van der Waals surface area contributed by atoms with Gasteiger partial charge in [-0.15, -0.1) is 0 Å². The molecule has 0 spiro atoms. The third-order valence-electron chi connectivity index (χ3n) is 5.85. The molecule has 34 heavy (non-hydrogen) atoms. The van der Waals surface area contributed by atoms with E-state index in [1.54, 1.807) is 42.7 Å². The average molecular weight is 455 g/mol. The van der Waals surface area contributed by atoms with Crippen molar-refractivity contribution in [1.82, 2.24) is 9.88 Å². The van der Waals surface area contributed by atoms with Gasteiger partial charge in [-0.1, -0.05) is 42.5 Å². The first kappa shape index (κ1) is 23.0. The molecule has 1 unspecified atom stereocenters. The maximum atomic E-state index is 13.3. The average Bonchev–Trinajstić information content (AvgIpc) is 3.09. The number of aliphatic hydroxyl groups excluding tert-OH is 1. The van der Waals surface area contributed by atoms with E-state index in [1.807, 2.05) is 44.2 Å². The molecule has 6 nitrogen and oxygen atoms in total. The smallest absolute Gasteiger partial charge is 0.295 e. The maximum Gasteiger partial charge on any atom is 0.295 e. The first-order valence-electron chi connectivity index (χ1n) is 11.0. The first-order chi connectivity index (χ1) is 16.4. The highest BCUT2D eigenvalue weighted by atomic mass is 16.5. The molecule has 172 valence electrons. The van der Waals surface area contributed by atoms with Crippen LogP contribution in [-0.4, -0.2) is 33.3 Å². The summed E-state index contributed by atoms with van der Waals surface area (Å²) in [5.74, 6) is -0.886. The number of aliphatic hydroxyl groups is 1. The summed E-state index contributed by atoms with van der Waals surface area (Å²) in [6.45, 7) is 8.00. The number of aryl methyl sites for hydroxylation is 2. The van der Waals surface area contributed by atoms with Crippen LogP contribution in [0.1, 0.15) is 33.9 Å². The van der Waals surface area contributed by atoms with Crippen LogP contribution in [0, 0.1) is 13.8 Å². The number of carbonyl (C=O) groups is 2. The quantitative estimate of drug-likeness (QED) is 0.238. The second-order valence-corrected chi connectivity index (χ2v) is 8.27. The minimum Gasteiger partial charge on any atom is -0.507 e. The van der Waals surface area contributed by atoms with Gasteiger partial charge in [-0.05, 0) is 60.9 Å². The standard InChI is InChI=1S/C28H26N2O4/c1-4-15-34-22-9-7-21(8-10-22)25-24(26(31)23-16-18(2)5-6-19(23)3)27(32)28(33)30(25)17-20-11-13-29-14-12-20/h4-14,16,25,31H,1,15,17H2,2-3H3. The Balaban J connectivity index is 1.84. The van der Waals surface area contributed by atoms with Gasteiger partial charge >= 0.3 is 0 Å². The highest BCUT2D eigenvalue weighted by Gasteiger charge is 2.46. The summed E-state index contributed by atoms with van der Waals surface area (Å²) >= 11 is 0. The van der Waals surface area contributed by atoms with Crippen LogP contribution in [0.2, 0.25) is 0 Å². The minimum absolute atomic E-state index is 0.0764. The second kappa shape index (κ2) is 9.75. The number of hydrogen-bond acceptors (Lipinski definition) is 5. The zero-order valence-corrected chi connectivity index (χ0v) is 19.2. The van der Waals surface area contributed by atoms with E-state index in [-0.39, 0.29) is 17.9 Å². The van der Waals surface area contributed by atoms with Crippen molar-refractivity contribution in [2.75, 3.05) is 6.61 Å². The number of aromatic nitrogens is 1. The van der Waals surface area contributed by atoms with E-state index in [4.69, 9.17) is 4.74 Å². The summed E-state index contributed by atoms with van der Waals surface area (Å²) in [6.07, 6.45) is 4.94. The van der Waals surface area contributed by atoms with Gasteiger partial charge in [0.1, 0.15) is 18.1 Å². The predicted molar refractivity (Wildman–Crippen MR) is 130 cm³/mol. The van der Waals surface area contributed by atoms with Crippen LogP contribution in [0.25, 0.3) is 5.76 Å². The minimum atomic E-state index is -0.749. The highest BCUT2D eigenvalue weighted by Crippen LogP contribution is 2.41. The fraction of sp³-hybridized carbons (Fsp3) is 0.179. The lowest BCUT2D eigenvalue weighted by Crippen LogP contribution is -2.29. The molecule has 3 aromatic rings. The number of hydrogen-bond donors (Lipinski definition) is 1. The molecule has 1 saturated heterocycles. The van der Waals surface area contributed by atoms with Crippen molar-refractivity contribution in [2.45, 2.75) is 26.4 Å². The molecule has 0 aliphatic carbocycles. The molecule has 1 amide bonds. The number of benzene rings is 2. The van der Waals surface area contributed by atoms with Crippen molar-refractivity contribution in [3.8, 4) is 5.75 Å². The van der Waals surface area contributed by atoms with Crippen LogP contribution < -0.4 is 4.74 Å². The van der Waals surface area contributed by atoms with Crippen LogP contribution in [0.5, 0.6) is 5.75 Å². The van der Waals surface area contributed by atoms with E-state index in [0.717, 1.165) is 16.7 Å². The highest BCUT2D eigenvalue weighted by molar-refractivity contribution is 6.46. The Morgan fingerprint density at radius 2 is 1.79 bits per heavy atom. The van der Waals surface area contributed by atoms with Gasteiger partial charge in [0.25, 0.3) is 11.7 Å². The molecule has 0 bridgehead atoms. The van der Waals surface area contributed by atoms with Gasteiger partial charge in [0.2, 0.25) is 0 Å². The summed E-state index contributed by atoms with van der Waals surface area (Å²) in [5, 5.41) is 11.3. The van der Waals surface area contributed by atoms with E-state index in [2.05, 4.69) is 11.6 Å². The van der Waals surface area contributed by atoms with Crippen molar-refractivity contribution in [3.63, 3.8) is 0 Å². The SMILES string of the molecule is C=CCOc1ccc(C2C(=C(O)c3cc(C)ccc3C)C(=O)C(=O)N2Cc2ccncc2)cc1. The number of ether oxygens (including phenoxy) is 1. The van der Waals surface area contributed by atoms with Crippen molar-refractivity contribution in [2.24, 2.45) is 0 Å². The number of carbonyl (C=O) groups excluding carboxylic acids is 2. The Bertz CT molecular complexity index is 1260. The molecule has 4 rings (SSSR count). The monoisotopic (exact) mass is 454 g/mol. The third-order valence-corrected chi connectivity index (χ3v) is 5.85. The molecule has 0 radical (unpaired) electrons. The molecular formula is C28H26N2O4. The summed E-state index contributed by atoms with van der Waals surface area (Å²) in [5.41, 5.74) is 3.91. The van der Waals surface area contributed by atoms with Gasteiger partial charge in [-0.3, -0.25) is 14.6 Å². The predicted octanol–water partition coefficient (Wildman–Crippen LogP) is 4.89. The van der Waals surface area contributed by atoms with Gasteiger partial charge in [0, 0.05) is 24.5 Å². The topological polar surface area (TPSA) is 79.7 Å². The van der Waals surface area contributed by atoms with Gasteiger partial charge in [0.15, 0.2) is 0 Å². The lowest BCUT2D eigenvalue weighted by Gasteiger charge is -2.25.